The lowest BCUT2D eigenvalue weighted by Gasteiger charge is -2.39. The first kappa shape index (κ1) is 23.9. The van der Waals surface area contributed by atoms with Crippen LogP contribution in [0.2, 0.25) is 0 Å². The fourth-order valence-electron chi connectivity index (χ4n) is 5.04. The Bertz CT molecular complexity index is 1030. The first-order valence-corrected chi connectivity index (χ1v) is 11.6. The van der Waals surface area contributed by atoms with Crippen molar-refractivity contribution in [1.82, 2.24) is 15.1 Å². The number of ether oxygens (including phenoxy) is 3. The summed E-state index contributed by atoms with van der Waals surface area (Å²) in [7, 11) is 4.78. The summed E-state index contributed by atoms with van der Waals surface area (Å²) in [6, 6.07) is 13.2. The second-order valence-electron chi connectivity index (χ2n) is 9.07. The average molecular weight is 468 g/mol. The normalized spacial score (nSPS) is 21.5. The zero-order chi connectivity index (χ0) is 24.3. The van der Waals surface area contributed by atoms with Gasteiger partial charge in [0.1, 0.15) is 11.3 Å². The number of amides is 3. The summed E-state index contributed by atoms with van der Waals surface area (Å²) in [5.74, 6) is 1.84. The van der Waals surface area contributed by atoms with Crippen molar-refractivity contribution in [3.05, 3.63) is 53.6 Å². The highest BCUT2D eigenvalue weighted by atomic mass is 16.5. The van der Waals surface area contributed by atoms with E-state index in [0.29, 0.717) is 11.5 Å². The van der Waals surface area contributed by atoms with Crippen LogP contribution in [0.1, 0.15) is 30.9 Å². The minimum atomic E-state index is -0.907. The van der Waals surface area contributed by atoms with Crippen molar-refractivity contribution >= 4 is 11.9 Å². The van der Waals surface area contributed by atoms with Crippen LogP contribution in [-0.2, 0) is 17.9 Å². The molecular weight excluding hydrogens is 434 g/mol. The van der Waals surface area contributed by atoms with Gasteiger partial charge in [0.2, 0.25) is 0 Å². The van der Waals surface area contributed by atoms with Crippen LogP contribution in [0.5, 0.6) is 17.2 Å². The number of nitrogens with zero attached hydrogens (tertiary/aromatic N) is 2. The smallest absolute Gasteiger partial charge is 0.325 e. The molecule has 0 spiro atoms. The van der Waals surface area contributed by atoms with Gasteiger partial charge in [0.15, 0.2) is 11.5 Å². The lowest BCUT2D eigenvalue weighted by molar-refractivity contribution is -0.133. The first-order chi connectivity index (χ1) is 16.4. The fraction of sp³-hybridized carbons (Fsp3) is 0.462. The van der Waals surface area contributed by atoms with E-state index in [1.807, 2.05) is 31.2 Å². The molecule has 1 atom stereocenters. The number of carbonyl (C=O) groups excluding carboxylic acids is 2. The van der Waals surface area contributed by atoms with Gasteiger partial charge in [0.25, 0.3) is 5.91 Å². The summed E-state index contributed by atoms with van der Waals surface area (Å²) in [5, 5.41) is 3.00. The van der Waals surface area contributed by atoms with Crippen molar-refractivity contribution in [3.63, 3.8) is 0 Å². The minimum Gasteiger partial charge on any atom is -0.497 e. The highest BCUT2D eigenvalue weighted by molar-refractivity contribution is 6.07. The number of hydrogen-bond acceptors (Lipinski definition) is 6. The highest BCUT2D eigenvalue weighted by Crippen LogP contribution is 2.36. The van der Waals surface area contributed by atoms with E-state index in [1.54, 1.807) is 27.4 Å². The van der Waals surface area contributed by atoms with Gasteiger partial charge in [-0.1, -0.05) is 24.3 Å². The monoisotopic (exact) mass is 467 g/mol. The molecule has 4 rings (SSSR count). The number of rotatable bonds is 8. The highest BCUT2D eigenvalue weighted by Gasteiger charge is 2.52. The second kappa shape index (κ2) is 9.93. The molecule has 3 amide bonds. The van der Waals surface area contributed by atoms with Crippen LogP contribution in [0.3, 0.4) is 0 Å². The molecule has 2 aromatic carbocycles. The van der Waals surface area contributed by atoms with E-state index in [2.05, 4.69) is 22.3 Å². The number of para-hydroxylation sites is 1. The molecule has 182 valence electrons. The number of carbonyl (C=O) groups is 2. The number of methoxy groups -OCH3 is 3. The van der Waals surface area contributed by atoms with E-state index >= 15 is 0 Å². The van der Waals surface area contributed by atoms with Crippen molar-refractivity contribution in [2.45, 2.75) is 38.4 Å². The zero-order valence-corrected chi connectivity index (χ0v) is 20.3. The third-order valence-corrected chi connectivity index (χ3v) is 7.08. The number of hydrogen-bond donors (Lipinski definition) is 1. The predicted molar refractivity (Wildman–Crippen MR) is 128 cm³/mol. The van der Waals surface area contributed by atoms with Crippen LogP contribution in [0, 0.1) is 5.92 Å². The Hall–Kier alpha value is -3.26. The third kappa shape index (κ3) is 4.55. The van der Waals surface area contributed by atoms with Crippen LogP contribution in [0.15, 0.2) is 42.5 Å². The van der Waals surface area contributed by atoms with Crippen LogP contribution in [0.4, 0.5) is 4.79 Å². The van der Waals surface area contributed by atoms with E-state index in [4.69, 9.17) is 14.2 Å². The van der Waals surface area contributed by atoms with Gasteiger partial charge in [-0.2, -0.15) is 0 Å². The maximum atomic E-state index is 13.5. The molecule has 2 aliphatic rings. The Labute approximate surface area is 200 Å². The molecule has 2 aromatic rings. The lowest BCUT2D eigenvalue weighted by Crippen LogP contribution is -2.53. The lowest BCUT2D eigenvalue weighted by atomic mass is 9.79. The molecule has 8 nitrogen and oxygen atoms in total. The van der Waals surface area contributed by atoms with Gasteiger partial charge in [-0.25, -0.2) is 4.79 Å². The molecule has 2 aliphatic heterocycles. The van der Waals surface area contributed by atoms with Crippen molar-refractivity contribution in [2.24, 2.45) is 5.92 Å². The molecular formula is C26H33N3O5. The number of imide groups is 1. The summed E-state index contributed by atoms with van der Waals surface area (Å²) in [4.78, 5) is 30.0. The number of piperidine rings is 1. The Morgan fingerprint density at radius 1 is 0.941 bits per heavy atom. The van der Waals surface area contributed by atoms with Crippen LogP contribution in [-0.4, -0.2) is 61.7 Å². The molecule has 8 heteroatoms. The van der Waals surface area contributed by atoms with E-state index in [9.17, 15) is 9.59 Å². The second-order valence-corrected chi connectivity index (χ2v) is 9.07. The zero-order valence-electron chi connectivity index (χ0n) is 20.3. The topological polar surface area (TPSA) is 80.3 Å². The fourth-order valence-corrected chi connectivity index (χ4v) is 5.04. The number of urea groups is 1. The molecule has 1 unspecified atom stereocenters. The Morgan fingerprint density at radius 3 is 2.26 bits per heavy atom. The Morgan fingerprint density at radius 2 is 1.65 bits per heavy atom. The van der Waals surface area contributed by atoms with Crippen LogP contribution in [0.25, 0.3) is 0 Å². The molecule has 0 aromatic heterocycles. The summed E-state index contributed by atoms with van der Waals surface area (Å²) in [5.41, 5.74) is 1.05. The quantitative estimate of drug-likeness (QED) is 0.599. The van der Waals surface area contributed by atoms with Gasteiger partial charge < -0.3 is 19.5 Å². The summed E-state index contributed by atoms with van der Waals surface area (Å²) < 4.78 is 16.1. The molecule has 0 aliphatic carbocycles. The van der Waals surface area contributed by atoms with E-state index in [0.717, 1.165) is 43.8 Å². The van der Waals surface area contributed by atoms with Gasteiger partial charge in [-0.3, -0.25) is 14.6 Å². The molecule has 2 heterocycles. The van der Waals surface area contributed by atoms with Gasteiger partial charge in [0, 0.05) is 12.1 Å². The SMILES string of the molecule is COc1ccc(CN2CCC(C3(C)NC(=O)N(Cc4cccc(OC)c4OC)C3=O)CC2)cc1. The van der Waals surface area contributed by atoms with Crippen LogP contribution < -0.4 is 19.5 Å². The van der Waals surface area contributed by atoms with E-state index < -0.39 is 5.54 Å². The molecule has 0 saturated carbocycles. The summed E-state index contributed by atoms with van der Waals surface area (Å²) >= 11 is 0. The van der Waals surface area contributed by atoms with Gasteiger partial charge >= 0.3 is 6.03 Å². The number of likely N-dealkylation sites (tertiary alicyclic amines) is 1. The Balaban J connectivity index is 1.40. The van der Waals surface area contributed by atoms with Crippen LogP contribution >= 0.6 is 0 Å². The molecule has 2 saturated heterocycles. The van der Waals surface area contributed by atoms with Crippen molar-refractivity contribution in [2.75, 3.05) is 34.4 Å². The summed E-state index contributed by atoms with van der Waals surface area (Å²) in [6.07, 6.45) is 1.68. The molecule has 1 N–H and O–H groups in total. The standard InChI is InChI=1S/C26H33N3O5/c1-26(20-12-14-28(15-13-20)16-18-8-10-21(32-2)11-9-18)24(30)29(25(31)27-26)17-19-6-5-7-22(33-3)23(19)34-4/h5-11,20H,12-17H2,1-4H3,(H,27,31). The van der Waals surface area contributed by atoms with Crippen molar-refractivity contribution in [1.29, 1.82) is 0 Å². The van der Waals surface area contributed by atoms with Gasteiger partial charge in [0.05, 0.1) is 27.9 Å². The van der Waals surface area contributed by atoms with Crippen molar-refractivity contribution < 1.29 is 23.8 Å². The predicted octanol–water partition coefficient (Wildman–Crippen LogP) is 3.44. The molecule has 0 radical (unpaired) electrons. The average Bonchev–Trinajstić information content (AvgIpc) is 3.08. The van der Waals surface area contributed by atoms with E-state index in [-0.39, 0.29) is 24.4 Å². The maximum Gasteiger partial charge on any atom is 0.325 e. The molecule has 0 bridgehead atoms. The molecule has 34 heavy (non-hydrogen) atoms. The largest absolute Gasteiger partial charge is 0.497 e. The number of benzene rings is 2. The third-order valence-electron chi connectivity index (χ3n) is 7.08. The van der Waals surface area contributed by atoms with E-state index in [1.165, 1.54) is 10.5 Å². The summed E-state index contributed by atoms with van der Waals surface area (Å²) in [6.45, 7) is 4.60. The molecule has 2 fully saturated rings. The first-order valence-electron chi connectivity index (χ1n) is 11.6. The van der Waals surface area contributed by atoms with Gasteiger partial charge in [-0.15, -0.1) is 0 Å². The van der Waals surface area contributed by atoms with Crippen molar-refractivity contribution in [3.8, 4) is 17.2 Å². The minimum absolute atomic E-state index is 0.0771. The Kier molecular flexibility index (Phi) is 6.97. The van der Waals surface area contributed by atoms with Gasteiger partial charge in [-0.05, 0) is 62.5 Å². The number of nitrogens with one attached hydrogen (secondary N) is 1. The maximum absolute atomic E-state index is 13.5.